The van der Waals surface area contributed by atoms with Crippen molar-refractivity contribution in [3.05, 3.63) is 29.8 Å². The van der Waals surface area contributed by atoms with E-state index in [-0.39, 0.29) is 17.4 Å². The number of nitrogens with one attached hydrogen (secondary N) is 1. The number of benzene rings is 1. The van der Waals surface area contributed by atoms with Gasteiger partial charge in [0.2, 0.25) is 11.8 Å². The molecule has 110 valence electrons. The first-order valence-corrected chi connectivity index (χ1v) is 6.85. The topological polar surface area (TPSA) is 49.4 Å². The molecular formula is C16H24N2O2. The minimum absolute atomic E-state index is 0.0131. The van der Waals surface area contributed by atoms with Crippen LogP contribution in [0.2, 0.25) is 0 Å². The van der Waals surface area contributed by atoms with E-state index in [4.69, 9.17) is 0 Å². The van der Waals surface area contributed by atoms with Crippen molar-refractivity contribution in [1.29, 1.82) is 0 Å². The summed E-state index contributed by atoms with van der Waals surface area (Å²) in [4.78, 5) is 25.2. The van der Waals surface area contributed by atoms with Crippen LogP contribution in [0.5, 0.6) is 0 Å². The fraction of sp³-hybridized carbons (Fsp3) is 0.500. The Morgan fingerprint density at radius 2 is 1.90 bits per heavy atom. The lowest BCUT2D eigenvalue weighted by Gasteiger charge is -2.34. The van der Waals surface area contributed by atoms with Gasteiger partial charge in [0.15, 0.2) is 0 Å². The fourth-order valence-corrected chi connectivity index (χ4v) is 2.12. The Labute approximate surface area is 121 Å². The van der Waals surface area contributed by atoms with Gasteiger partial charge in [0.25, 0.3) is 0 Å². The molecule has 0 saturated carbocycles. The molecule has 0 bridgehead atoms. The smallest absolute Gasteiger partial charge is 0.226 e. The highest BCUT2D eigenvalue weighted by molar-refractivity contribution is 5.91. The molecule has 0 spiro atoms. The lowest BCUT2D eigenvalue weighted by Crippen LogP contribution is -2.45. The molecule has 0 atom stereocenters. The number of amides is 2. The molecule has 0 aromatic heterocycles. The molecule has 0 aliphatic heterocycles. The van der Waals surface area contributed by atoms with Gasteiger partial charge in [0, 0.05) is 31.1 Å². The zero-order chi connectivity index (χ0) is 15.3. The van der Waals surface area contributed by atoms with Gasteiger partial charge in [0.05, 0.1) is 0 Å². The zero-order valence-electron chi connectivity index (χ0n) is 13.0. The molecule has 1 N–H and O–H groups in total. The first kappa shape index (κ1) is 16.2. The molecule has 0 radical (unpaired) electrons. The number of aryl methyl sites for hydroxylation is 1. The van der Waals surface area contributed by atoms with Crippen molar-refractivity contribution in [3.63, 3.8) is 0 Å². The van der Waals surface area contributed by atoms with Crippen LogP contribution in [0, 0.1) is 6.92 Å². The van der Waals surface area contributed by atoms with Gasteiger partial charge in [-0.1, -0.05) is 12.1 Å². The summed E-state index contributed by atoms with van der Waals surface area (Å²) in [5.74, 6) is -0.0908. The van der Waals surface area contributed by atoms with Crippen LogP contribution in [0.15, 0.2) is 24.3 Å². The Kier molecular flexibility index (Phi) is 5.31. The van der Waals surface area contributed by atoms with E-state index in [1.807, 2.05) is 52.0 Å². The first-order chi connectivity index (χ1) is 9.20. The molecule has 1 rings (SSSR count). The third-order valence-corrected chi connectivity index (χ3v) is 3.05. The van der Waals surface area contributed by atoms with Gasteiger partial charge in [-0.2, -0.15) is 0 Å². The quantitative estimate of drug-likeness (QED) is 0.919. The van der Waals surface area contributed by atoms with Crippen LogP contribution in [0.1, 0.15) is 39.7 Å². The van der Waals surface area contributed by atoms with Crippen LogP contribution in [0.25, 0.3) is 0 Å². The Bertz CT molecular complexity index is 489. The van der Waals surface area contributed by atoms with Gasteiger partial charge in [-0.25, -0.2) is 0 Å². The van der Waals surface area contributed by atoms with Gasteiger partial charge in [-0.3, -0.25) is 9.59 Å². The second-order valence-corrected chi connectivity index (χ2v) is 6.01. The summed E-state index contributed by atoms with van der Waals surface area (Å²) in [6.07, 6.45) is 0.296. The Morgan fingerprint density at radius 1 is 1.25 bits per heavy atom. The van der Waals surface area contributed by atoms with E-state index in [2.05, 4.69) is 5.32 Å². The third-order valence-electron chi connectivity index (χ3n) is 3.05. The van der Waals surface area contributed by atoms with Crippen molar-refractivity contribution in [2.24, 2.45) is 0 Å². The molecule has 0 unspecified atom stereocenters. The van der Waals surface area contributed by atoms with Crippen molar-refractivity contribution in [1.82, 2.24) is 4.90 Å². The average Bonchev–Trinajstić information content (AvgIpc) is 2.26. The van der Waals surface area contributed by atoms with Gasteiger partial charge < -0.3 is 10.2 Å². The number of rotatable bonds is 4. The lowest BCUT2D eigenvalue weighted by molar-refractivity contribution is -0.134. The van der Waals surface area contributed by atoms with E-state index in [1.54, 1.807) is 4.90 Å². The van der Waals surface area contributed by atoms with Gasteiger partial charge >= 0.3 is 0 Å². The third kappa shape index (κ3) is 5.03. The van der Waals surface area contributed by atoms with E-state index in [0.29, 0.717) is 13.0 Å². The van der Waals surface area contributed by atoms with Crippen LogP contribution < -0.4 is 5.32 Å². The van der Waals surface area contributed by atoms with Crippen molar-refractivity contribution in [2.45, 2.75) is 46.6 Å². The maximum Gasteiger partial charge on any atom is 0.226 e. The fourth-order valence-electron chi connectivity index (χ4n) is 2.12. The highest BCUT2D eigenvalue weighted by Gasteiger charge is 2.23. The number of hydrogen-bond donors (Lipinski definition) is 1. The lowest BCUT2D eigenvalue weighted by atomic mass is 10.1. The monoisotopic (exact) mass is 276 g/mol. The molecule has 20 heavy (non-hydrogen) atoms. The van der Waals surface area contributed by atoms with Crippen molar-refractivity contribution >= 4 is 17.5 Å². The summed E-state index contributed by atoms with van der Waals surface area (Å²) in [5, 5.41) is 2.85. The number of carbonyl (C=O) groups excluding carboxylic acids is 2. The van der Waals surface area contributed by atoms with Crippen LogP contribution in [0.4, 0.5) is 5.69 Å². The summed E-state index contributed by atoms with van der Waals surface area (Å²) in [6.45, 7) is 9.83. The summed E-state index contributed by atoms with van der Waals surface area (Å²) in [5.41, 5.74) is 1.62. The molecule has 1 aromatic rings. The number of carbonyl (C=O) groups is 2. The Hall–Kier alpha value is -1.84. The molecule has 0 aliphatic rings. The second-order valence-electron chi connectivity index (χ2n) is 6.01. The molecule has 2 amide bonds. The largest absolute Gasteiger partial charge is 0.338 e. The summed E-state index contributed by atoms with van der Waals surface area (Å²) in [6, 6.07) is 7.66. The normalized spacial score (nSPS) is 11.1. The van der Waals surface area contributed by atoms with Gasteiger partial charge in [-0.15, -0.1) is 0 Å². The van der Waals surface area contributed by atoms with Crippen molar-refractivity contribution < 1.29 is 9.59 Å². The van der Waals surface area contributed by atoms with Crippen LogP contribution >= 0.6 is 0 Å². The van der Waals surface area contributed by atoms with E-state index in [9.17, 15) is 9.59 Å². The molecule has 0 aliphatic carbocycles. The number of anilines is 1. The zero-order valence-corrected chi connectivity index (χ0v) is 13.0. The van der Waals surface area contributed by atoms with Crippen LogP contribution in [-0.2, 0) is 9.59 Å². The summed E-state index contributed by atoms with van der Waals surface area (Å²) in [7, 11) is 0. The predicted molar refractivity (Wildman–Crippen MR) is 81.6 cm³/mol. The van der Waals surface area contributed by atoms with E-state index >= 15 is 0 Å². The summed E-state index contributed by atoms with van der Waals surface area (Å²) >= 11 is 0. The average molecular weight is 276 g/mol. The van der Waals surface area contributed by atoms with E-state index < -0.39 is 0 Å². The predicted octanol–water partition coefficient (Wildman–Crippen LogP) is 2.97. The second kappa shape index (κ2) is 6.55. The standard InChI is InChI=1S/C16H24N2O2/c1-12-7-6-8-14(11-12)17-15(20)9-10-18(13(2)19)16(3,4)5/h6-8,11H,9-10H2,1-5H3,(H,17,20). The SMILES string of the molecule is CC(=O)N(CCC(=O)Nc1cccc(C)c1)C(C)(C)C. The molecule has 4 heteroatoms. The van der Waals surface area contributed by atoms with Crippen LogP contribution in [-0.4, -0.2) is 28.8 Å². The molecule has 4 nitrogen and oxygen atoms in total. The highest BCUT2D eigenvalue weighted by atomic mass is 16.2. The number of hydrogen-bond acceptors (Lipinski definition) is 2. The maximum absolute atomic E-state index is 11.9. The van der Waals surface area contributed by atoms with E-state index in [0.717, 1.165) is 11.3 Å². The molecule has 0 saturated heterocycles. The molecule has 0 fully saturated rings. The van der Waals surface area contributed by atoms with Gasteiger partial charge in [-0.05, 0) is 45.4 Å². The minimum Gasteiger partial charge on any atom is -0.338 e. The van der Waals surface area contributed by atoms with Crippen LogP contribution in [0.3, 0.4) is 0 Å². The Morgan fingerprint density at radius 3 is 2.40 bits per heavy atom. The maximum atomic E-state index is 11.9. The van der Waals surface area contributed by atoms with E-state index in [1.165, 1.54) is 6.92 Å². The molecule has 1 aromatic carbocycles. The highest BCUT2D eigenvalue weighted by Crippen LogP contribution is 2.15. The summed E-state index contributed by atoms with van der Waals surface area (Å²) < 4.78 is 0. The number of nitrogens with zero attached hydrogens (tertiary/aromatic N) is 1. The molecule has 0 heterocycles. The van der Waals surface area contributed by atoms with Gasteiger partial charge in [0.1, 0.15) is 0 Å². The van der Waals surface area contributed by atoms with Crippen molar-refractivity contribution in [3.8, 4) is 0 Å². The molecular weight excluding hydrogens is 252 g/mol. The van der Waals surface area contributed by atoms with Crippen molar-refractivity contribution in [2.75, 3.05) is 11.9 Å². The minimum atomic E-state index is -0.268. The first-order valence-electron chi connectivity index (χ1n) is 6.85. The Balaban J connectivity index is 2.56.